The predicted molar refractivity (Wildman–Crippen MR) is 101 cm³/mol. The molecule has 0 saturated carbocycles. The smallest absolute Gasteiger partial charge is 0.243 e. The summed E-state index contributed by atoms with van der Waals surface area (Å²) in [6.07, 6.45) is 0. The average Bonchev–Trinajstić information content (AvgIpc) is 2.91. The van der Waals surface area contributed by atoms with E-state index < -0.39 is 0 Å². The average molecular weight is 352 g/mol. The first kappa shape index (κ1) is 17.7. The molecule has 0 bridgehead atoms. The summed E-state index contributed by atoms with van der Waals surface area (Å²) in [5, 5.41) is 10.3. The minimum absolute atomic E-state index is 0.0396. The quantitative estimate of drug-likeness (QED) is 0.730. The first-order chi connectivity index (χ1) is 12.5. The normalized spacial score (nSPS) is 10.6. The summed E-state index contributed by atoms with van der Waals surface area (Å²) >= 11 is 0. The Hall–Kier alpha value is -3.15. The topological polar surface area (TPSA) is 59.0 Å². The van der Waals surface area contributed by atoms with E-state index in [0.717, 1.165) is 17.1 Å². The zero-order valence-electron chi connectivity index (χ0n) is 15.0. The van der Waals surface area contributed by atoms with Crippen molar-refractivity contribution in [1.29, 1.82) is 0 Å². The van der Waals surface area contributed by atoms with Gasteiger partial charge in [-0.2, -0.15) is 5.10 Å². The third kappa shape index (κ3) is 3.74. The molecule has 26 heavy (non-hydrogen) atoms. The first-order valence-electron chi connectivity index (χ1n) is 8.37. The van der Waals surface area contributed by atoms with Crippen LogP contribution in [0.3, 0.4) is 0 Å². The molecule has 5 nitrogen and oxygen atoms in total. The predicted octanol–water partition coefficient (Wildman–Crippen LogP) is 3.99. The lowest BCUT2D eigenvalue weighted by Crippen LogP contribution is -2.22. The van der Waals surface area contributed by atoms with Crippen LogP contribution >= 0.6 is 0 Å². The molecular formula is C20H21FN4O. The second-order valence-corrected chi connectivity index (χ2v) is 6.16. The SMILES string of the molecule is Cc1ccc(NCC(=O)Nc2c(C)nn(-c3ccccc3)c2C)cc1F. The van der Waals surface area contributed by atoms with Crippen molar-refractivity contribution in [1.82, 2.24) is 9.78 Å². The number of benzene rings is 2. The van der Waals surface area contributed by atoms with Crippen LogP contribution in [0.15, 0.2) is 48.5 Å². The van der Waals surface area contributed by atoms with Crippen LogP contribution in [0, 0.1) is 26.6 Å². The van der Waals surface area contributed by atoms with Gasteiger partial charge in [0.25, 0.3) is 0 Å². The zero-order chi connectivity index (χ0) is 18.7. The molecule has 0 radical (unpaired) electrons. The zero-order valence-corrected chi connectivity index (χ0v) is 15.0. The van der Waals surface area contributed by atoms with Crippen molar-refractivity contribution >= 4 is 17.3 Å². The molecule has 2 aromatic carbocycles. The molecule has 0 aliphatic heterocycles. The molecule has 6 heteroatoms. The molecule has 134 valence electrons. The Morgan fingerprint density at radius 1 is 1.12 bits per heavy atom. The fourth-order valence-corrected chi connectivity index (χ4v) is 2.71. The van der Waals surface area contributed by atoms with E-state index in [9.17, 15) is 9.18 Å². The van der Waals surface area contributed by atoms with Gasteiger partial charge in [0.15, 0.2) is 0 Å². The summed E-state index contributed by atoms with van der Waals surface area (Å²) in [6.45, 7) is 5.50. The molecule has 3 rings (SSSR count). The molecule has 1 aromatic heterocycles. The van der Waals surface area contributed by atoms with Gasteiger partial charge in [0.05, 0.1) is 29.3 Å². The van der Waals surface area contributed by atoms with Gasteiger partial charge >= 0.3 is 0 Å². The molecule has 0 aliphatic rings. The molecule has 0 spiro atoms. The van der Waals surface area contributed by atoms with Crippen molar-refractivity contribution in [2.45, 2.75) is 20.8 Å². The van der Waals surface area contributed by atoms with Crippen LogP contribution in [-0.4, -0.2) is 22.2 Å². The summed E-state index contributed by atoms with van der Waals surface area (Å²) in [7, 11) is 0. The maximum absolute atomic E-state index is 13.6. The number of carbonyl (C=O) groups is 1. The van der Waals surface area contributed by atoms with Crippen LogP contribution in [0.1, 0.15) is 17.0 Å². The lowest BCUT2D eigenvalue weighted by molar-refractivity contribution is -0.114. The number of nitrogens with one attached hydrogen (secondary N) is 2. The molecule has 1 amide bonds. The molecule has 0 unspecified atom stereocenters. The summed E-state index contributed by atoms with van der Waals surface area (Å²) in [4.78, 5) is 12.3. The van der Waals surface area contributed by atoms with Gasteiger partial charge in [-0.15, -0.1) is 0 Å². The third-order valence-electron chi connectivity index (χ3n) is 4.18. The first-order valence-corrected chi connectivity index (χ1v) is 8.37. The summed E-state index contributed by atoms with van der Waals surface area (Å²) < 4.78 is 15.4. The van der Waals surface area contributed by atoms with E-state index in [4.69, 9.17) is 0 Å². The lowest BCUT2D eigenvalue weighted by atomic mass is 10.2. The van der Waals surface area contributed by atoms with E-state index in [1.807, 2.05) is 44.2 Å². The highest BCUT2D eigenvalue weighted by Gasteiger charge is 2.15. The highest BCUT2D eigenvalue weighted by Crippen LogP contribution is 2.22. The van der Waals surface area contributed by atoms with Crippen LogP contribution in [-0.2, 0) is 4.79 Å². The fourth-order valence-electron chi connectivity index (χ4n) is 2.71. The Bertz CT molecular complexity index is 934. The molecule has 0 aliphatic carbocycles. The number of aryl methyl sites for hydroxylation is 2. The van der Waals surface area contributed by atoms with Gasteiger partial charge in [-0.05, 0) is 50.6 Å². The Morgan fingerprint density at radius 2 is 1.85 bits per heavy atom. The number of hydrogen-bond acceptors (Lipinski definition) is 3. The van der Waals surface area contributed by atoms with Crippen molar-refractivity contribution in [2.24, 2.45) is 0 Å². The second kappa shape index (κ2) is 7.39. The Kier molecular flexibility index (Phi) is 5.02. The van der Waals surface area contributed by atoms with Crippen molar-refractivity contribution in [3.05, 3.63) is 71.3 Å². The van der Waals surface area contributed by atoms with Crippen LogP contribution in [0.5, 0.6) is 0 Å². The number of hydrogen-bond donors (Lipinski definition) is 2. The van der Waals surface area contributed by atoms with Gasteiger partial charge < -0.3 is 10.6 Å². The molecule has 0 saturated heterocycles. The van der Waals surface area contributed by atoms with Gasteiger partial charge in [0.1, 0.15) is 5.82 Å². The van der Waals surface area contributed by atoms with Crippen molar-refractivity contribution in [3.8, 4) is 5.69 Å². The maximum atomic E-state index is 13.6. The van der Waals surface area contributed by atoms with Crippen molar-refractivity contribution < 1.29 is 9.18 Å². The van der Waals surface area contributed by atoms with Crippen LogP contribution in [0.25, 0.3) is 5.69 Å². The molecular weight excluding hydrogens is 331 g/mol. The lowest BCUT2D eigenvalue weighted by Gasteiger charge is -2.09. The highest BCUT2D eigenvalue weighted by atomic mass is 19.1. The van der Waals surface area contributed by atoms with Crippen molar-refractivity contribution in [2.75, 3.05) is 17.2 Å². The number of halogens is 1. The monoisotopic (exact) mass is 352 g/mol. The Balaban J connectivity index is 1.69. The molecule has 3 aromatic rings. The number of anilines is 2. The number of amides is 1. The highest BCUT2D eigenvalue weighted by molar-refractivity contribution is 5.94. The Labute approximate surface area is 151 Å². The standard InChI is InChI=1S/C20H21FN4O/c1-13-9-10-16(11-18(13)21)22-12-19(26)23-20-14(2)24-25(15(20)3)17-7-5-4-6-8-17/h4-11,22H,12H2,1-3H3,(H,23,26). The van der Waals surface area contributed by atoms with Gasteiger partial charge in [-0.25, -0.2) is 9.07 Å². The number of nitrogens with zero attached hydrogens (tertiary/aromatic N) is 2. The van der Waals surface area contributed by atoms with Gasteiger partial charge in [-0.3, -0.25) is 4.79 Å². The van der Waals surface area contributed by atoms with Crippen LogP contribution in [0.4, 0.5) is 15.8 Å². The van der Waals surface area contributed by atoms with E-state index in [1.165, 1.54) is 6.07 Å². The minimum atomic E-state index is -0.300. The van der Waals surface area contributed by atoms with E-state index in [1.54, 1.807) is 23.7 Å². The third-order valence-corrected chi connectivity index (χ3v) is 4.18. The maximum Gasteiger partial charge on any atom is 0.243 e. The second-order valence-electron chi connectivity index (χ2n) is 6.16. The van der Waals surface area contributed by atoms with E-state index in [2.05, 4.69) is 15.7 Å². The number of aromatic nitrogens is 2. The number of carbonyl (C=O) groups excluding carboxylic acids is 1. The van der Waals surface area contributed by atoms with Gasteiger partial charge in [0, 0.05) is 5.69 Å². The molecule has 0 atom stereocenters. The summed E-state index contributed by atoms with van der Waals surface area (Å²) in [5.41, 5.74) is 4.35. The molecule has 0 fully saturated rings. The summed E-state index contributed by atoms with van der Waals surface area (Å²) in [6, 6.07) is 14.5. The van der Waals surface area contributed by atoms with Gasteiger partial charge in [0.2, 0.25) is 5.91 Å². The fraction of sp³-hybridized carbons (Fsp3) is 0.200. The number of rotatable bonds is 5. The number of para-hydroxylation sites is 1. The van der Waals surface area contributed by atoms with E-state index >= 15 is 0 Å². The molecule has 2 N–H and O–H groups in total. The van der Waals surface area contributed by atoms with E-state index in [0.29, 0.717) is 16.9 Å². The van der Waals surface area contributed by atoms with E-state index in [-0.39, 0.29) is 18.3 Å². The van der Waals surface area contributed by atoms with Crippen LogP contribution in [0.2, 0.25) is 0 Å². The molecule has 1 heterocycles. The largest absolute Gasteiger partial charge is 0.376 e. The Morgan fingerprint density at radius 3 is 2.54 bits per heavy atom. The summed E-state index contributed by atoms with van der Waals surface area (Å²) in [5.74, 6) is -0.518. The van der Waals surface area contributed by atoms with Crippen LogP contribution < -0.4 is 10.6 Å². The van der Waals surface area contributed by atoms with Gasteiger partial charge in [-0.1, -0.05) is 24.3 Å². The minimum Gasteiger partial charge on any atom is -0.376 e. The van der Waals surface area contributed by atoms with Crippen molar-refractivity contribution in [3.63, 3.8) is 0 Å².